The highest BCUT2D eigenvalue weighted by Gasteiger charge is 2.36. The topological polar surface area (TPSA) is 138 Å². The van der Waals surface area contributed by atoms with E-state index >= 15 is 0 Å². The molecule has 1 atom stereocenters. The number of hydrogen-bond donors (Lipinski definition) is 3. The van der Waals surface area contributed by atoms with E-state index in [2.05, 4.69) is 0 Å². The van der Waals surface area contributed by atoms with Gasteiger partial charge in [0.15, 0.2) is 0 Å². The van der Waals surface area contributed by atoms with Gasteiger partial charge in [-0.25, -0.2) is 0 Å². The number of hydrogen-bond acceptors (Lipinski definition) is 5. The van der Waals surface area contributed by atoms with Crippen molar-refractivity contribution in [2.75, 3.05) is 17.2 Å². The molecule has 1 aromatic carbocycles. The summed E-state index contributed by atoms with van der Waals surface area (Å²) >= 11 is 0. The van der Waals surface area contributed by atoms with Gasteiger partial charge < -0.3 is 15.7 Å². The molecule has 1 fully saturated rings. The van der Waals surface area contributed by atoms with Gasteiger partial charge in [0.05, 0.1) is 10.8 Å². The van der Waals surface area contributed by atoms with Crippen LogP contribution in [0.5, 0.6) is 0 Å². The van der Waals surface area contributed by atoms with E-state index in [0.717, 1.165) is 12.1 Å². The van der Waals surface area contributed by atoms with Crippen LogP contribution in [0.4, 0.5) is 11.4 Å². The number of anilines is 2. The Morgan fingerprint density at radius 2 is 2.05 bits per heavy atom. The lowest BCUT2D eigenvalue weighted by molar-refractivity contribution is -0.141. The maximum atomic E-state index is 11.9. The van der Waals surface area contributed by atoms with Crippen molar-refractivity contribution in [2.24, 2.45) is 5.92 Å². The lowest BCUT2D eigenvalue weighted by Gasteiger charge is -2.20. The van der Waals surface area contributed by atoms with Gasteiger partial charge in [-0.1, -0.05) is 0 Å². The van der Waals surface area contributed by atoms with Crippen molar-refractivity contribution in [1.29, 1.82) is 0 Å². The molecule has 114 valence electrons. The van der Waals surface area contributed by atoms with Crippen LogP contribution in [0.1, 0.15) is 12.0 Å². The average Bonchev–Trinajstić information content (AvgIpc) is 2.73. The number of nitrogen functional groups attached to an aromatic ring is 1. The van der Waals surface area contributed by atoms with E-state index in [1.165, 1.54) is 4.90 Å². The fourth-order valence-corrected chi connectivity index (χ4v) is 2.77. The molecule has 1 aromatic rings. The third-order valence-corrected chi connectivity index (χ3v) is 4.29. The molecule has 1 heterocycles. The fraction of sp³-hybridized carbons (Fsp3) is 0.333. The fourth-order valence-electron chi connectivity index (χ4n) is 2.23. The molecule has 1 aliphatic heterocycles. The first kappa shape index (κ1) is 15.3. The minimum Gasteiger partial charge on any atom is -0.481 e. The molecule has 0 aromatic heterocycles. The largest absolute Gasteiger partial charge is 0.481 e. The van der Waals surface area contributed by atoms with Crippen molar-refractivity contribution in [1.82, 2.24) is 0 Å². The van der Waals surface area contributed by atoms with Gasteiger partial charge in [0.25, 0.3) is 10.1 Å². The molecule has 8 nitrogen and oxygen atoms in total. The summed E-state index contributed by atoms with van der Waals surface area (Å²) < 4.78 is 31.5. The first-order valence-corrected chi connectivity index (χ1v) is 7.46. The molecule has 0 saturated carbocycles. The zero-order valence-corrected chi connectivity index (χ0v) is 11.9. The lowest BCUT2D eigenvalue weighted by atomic mass is 10.1. The van der Waals surface area contributed by atoms with E-state index in [1.54, 1.807) is 6.92 Å². The summed E-state index contributed by atoms with van der Waals surface area (Å²) in [6.07, 6.45) is -0.162. The normalized spacial score (nSPS) is 19.0. The molecule has 1 aliphatic rings. The quantitative estimate of drug-likeness (QED) is 0.537. The summed E-state index contributed by atoms with van der Waals surface area (Å²) in [6, 6.07) is 2.20. The van der Waals surface area contributed by atoms with Crippen LogP contribution in [0.2, 0.25) is 0 Å². The van der Waals surface area contributed by atoms with E-state index < -0.39 is 32.8 Å². The highest BCUT2D eigenvalue weighted by Crippen LogP contribution is 2.33. The monoisotopic (exact) mass is 314 g/mol. The molecule has 1 saturated heterocycles. The molecule has 21 heavy (non-hydrogen) atoms. The summed E-state index contributed by atoms with van der Waals surface area (Å²) in [7, 11) is -4.48. The number of carboxylic acid groups (broad SMARTS) is 1. The van der Waals surface area contributed by atoms with Crippen molar-refractivity contribution in [3.63, 3.8) is 0 Å². The second kappa shape index (κ2) is 5.01. The first-order valence-electron chi connectivity index (χ1n) is 6.02. The van der Waals surface area contributed by atoms with Gasteiger partial charge in [-0.15, -0.1) is 0 Å². The van der Waals surface area contributed by atoms with E-state index in [-0.39, 0.29) is 24.3 Å². The van der Waals surface area contributed by atoms with E-state index in [4.69, 9.17) is 15.4 Å². The molecule has 0 aliphatic carbocycles. The van der Waals surface area contributed by atoms with Crippen LogP contribution in [-0.2, 0) is 19.7 Å². The summed E-state index contributed by atoms with van der Waals surface area (Å²) in [4.78, 5) is 23.6. The Kier molecular flexibility index (Phi) is 3.64. The number of carboxylic acids is 1. The minimum atomic E-state index is -4.48. The Labute approximate surface area is 120 Å². The molecule has 0 bridgehead atoms. The van der Waals surface area contributed by atoms with Crippen LogP contribution in [-0.4, -0.2) is 36.5 Å². The molecule has 2 rings (SSSR count). The van der Waals surface area contributed by atoms with Crippen LogP contribution in [0.3, 0.4) is 0 Å². The molecule has 4 N–H and O–H groups in total. The maximum Gasteiger partial charge on any atom is 0.308 e. The Bertz CT molecular complexity index is 728. The molecular weight excluding hydrogens is 300 g/mol. The highest BCUT2D eigenvalue weighted by molar-refractivity contribution is 7.85. The summed E-state index contributed by atoms with van der Waals surface area (Å²) in [5.41, 5.74) is 6.42. The zero-order valence-electron chi connectivity index (χ0n) is 11.1. The van der Waals surface area contributed by atoms with Crippen LogP contribution in [0.15, 0.2) is 17.0 Å². The molecule has 1 unspecified atom stereocenters. The zero-order chi connectivity index (χ0) is 15.9. The van der Waals surface area contributed by atoms with Crippen molar-refractivity contribution in [3.8, 4) is 0 Å². The predicted octanol–water partition coefficient (Wildman–Crippen LogP) is 0.261. The number of nitrogens with two attached hydrogens (primary N) is 1. The molecular formula is C12H14N2O6S. The Morgan fingerprint density at radius 1 is 1.43 bits per heavy atom. The number of aliphatic carboxylic acids is 1. The smallest absolute Gasteiger partial charge is 0.308 e. The van der Waals surface area contributed by atoms with Crippen molar-refractivity contribution in [2.45, 2.75) is 18.2 Å². The van der Waals surface area contributed by atoms with Crippen molar-refractivity contribution < 1.29 is 27.7 Å². The number of carbonyl (C=O) groups is 2. The summed E-state index contributed by atoms with van der Waals surface area (Å²) in [6.45, 7) is 1.52. The minimum absolute atomic E-state index is 0.0661. The number of rotatable bonds is 3. The van der Waals surface area contributed by atoms with Gasteiger partial charge in [-0.05, 0) is 24.6 Å². The Morgan fingerprint density at radius 3 is 2.52 bits per heavy atom. The number of benzene rings is 1. The Balaban J connectivity index is 2.52. The standard InChI is InChI=1S/C12H14N2O6S/c1-6-9(13)3-8(21(18,19)20)4-10(6)14-5-7(12(16)17)2-11(14)15/h3-4,7H,2,5,13H2,1H3,(H,16,17)(H,18,19,20). The van der Waals surface area contributed by atoms with E-state index in [1.807, 2.05) is 0 Å². The second-order valence-electron chi connectivity index (χ2n) is 4.88. The predicted molar refractivity (Wildman–Crippen MR) is 73.5 cm³/mol. The molecule has 0 spiro atoms. The average molecular weight is 314 g/mol. The maximum absolute atomic E-state index is 11.9. The van der Waals surface area contributed by atoms with Gasteiger partial charge in [0, 0.05) is 24.3 Å². The number of carbonyl (C=O) groups excluding carboxylic acids is 1. The van der Waals surface area contributed by atoms with Crippen molar-refractivity contribution >= 4 is 33.4 Å². The van der Waals surface area contributed by atoms with E-state index in [0.29, 0.717) is 5.56 Å². The second-order valence-corrected chi connectivity index (χ2v) is 6.30. The summed E-state index contributed by atoms with van der Waals surface area (Å²) in [5.74, 6) is -2.38. The first-order chi connectivity index (χ1) is 9.61. The van der Waals surface area contributed by atoms with Crippen molar-refractivity contribution in [3.05, 3.63) is 17.7 Å². The van der Waals surface area contributed by atoms with Gasteiger partial charge >= 0.3 is 5.97 Å². The molecule has 0 radical (unpaired) electrons. The highest BCUT2D eigenvalue weighted by atomic mass is 32.2. The van der Waals surface area contributed by atoms with E-state index in [9.17, 15) is 18.0 Å². The summed E-state index contributed by atoms with van der Waals surface area (Å²) in [5, 5.41) is 8.96. The van der Waals surface area contributed by atoms with Gasteiger partial charge in [-0.2, -0.15) is 8.42 Å². The third kappa shape index (κ3) is 2.83. The van der Waals surface area contributed by atoms with Crippen LogP contribution >= 0.6 is 0 Å². The molecule has 9 heteroatoms. The number of amides is 1. The third-order valence-electron chi connectivity index (χ3n) is 3.46. The number of nitrogens with zero attached hydrogens (tertiary/aromatic N) is 1. The van der Waals surface area contributed by atoms with Gasteiger partial charge in [0.2, 0.25) is 5.91 Å². The van der Waals surface area contributed by atoms with Crippen LogP contribution in [0.25, 0.3) is 0 Å². The van der Waals surface area contributed by atoms with Crippen LogP contribution < -0.4 is 10.6 Å². The lowest BCUT2D eigenvalue weighted by Crippen LogP contribution is -2.27. The van der Waals surface area contributed by atoms with Gasteiger partial charge in [-0.3, -0.25) is 14.1 Å². The SMILES string of the molecule is Cc1c(N)cc(S(=O)(=O)O)cc1N1CC(C(=O)O)CC1=O. The molecule has 1 amide bonds. The van der Waals surface area contributed by atoms with Gasteiger partial charge in [0.1, 0.15) is 0 Å². The Hall–Kier alpha value is -2.13. The van der Waals surface area contributed by atoms with Crippen LogP contribution in [0, 0.1) is 12.8 Å².